The molecule has 0 unspecified atom stereocenters. The number of nitrogens with zero attached hydrogens (tertiary/aromatic N) is 1. The van der Waals surface area contributed by atoms with E-state index in [9.17, 15) is 19.7 Å². The van der Waals surface area contributed by atoms with E-state index in [4.69, 9.17) is 4.74 Å². The predicted molar refractivity (Wildman–Crippen MR) is 60.2 cm³/mol. The highest BCUT2D eigenvalue weighted by molar-refractivity contribution is 5.83. The van der Waals surface area contributed by atoms with Gasteiger partial charge in [-0.2, -0.15) is 0 Å². The van der Waals surface area contributed by atoms with Crippen LogP contribution in [0.2, 0.25) is 0 Å². The lowest BCUT2D eigenvalue weighted by atomic mass is 10.3. The Morgan fingerprint density at radius 2 is 2.06 bits per heavy atom. The second-order valence-electron chi connectivity index (χ2n) is 3.36. The minimum Gasteiger partial charge on any atom is -0.485 e. The van der Waals surface area contributed by atoms with Gasteiger partial charge in [-0.05, 0) is 6.07 Å². The molecule has 1 aromatic rings. The van der Waals surface area contributed by atoms with Crippen LogP contribution in [-0.2, 0) is 14.3 Å². The van der Waals surface area contributed by atoms with Gasteiger partial charge in [0.2, 0.25) is 5.78 Å². The third-order valence-corrected chi connectivity index (χ3v) is 1.86. The molecule has 0 saturated carbocycles. The van der Waals surface area contributed by atoms with Gasteiger partial charge in [-0.25, -0.2) is 0 Å². The zero-order chi connectivity index (χ0) is 13.5. The second kappa shape index (κ2) is 6.33. The van der Waals surface area contributed by atoms with Crippen LogP contribution in [0.3, 0.4) is 0 Å². The molecule has 0 heterocycles. The number of Topliss-reactive ketones (excluding diaryl/α,β-unsaturated/α-hetero) is 1. The van der Waals surface area contributed by atoms with Gasteiger partial charge < -0.3 is 9.47 Å². The highest BCUT2D eigenvalue weighted by atomic mass is 16.6. The number of ketones is 1. The van der Waals surface area contributed by atoms with Crippen molar-refractivity contribution in [1.29, 1.82) is 0 Å². The summed E-state index contributed by atoms with van der Waals surface area (Å²) in [6, 6.07) is 5.46. The van der Waals surface area contributed by atoms with Gasteiger partial charge in [-0.3, -0.25) is 19.7 Å². The fourth-order valence-corrected chi connectivity index (χ4v) is 1.07. The summed E-state index contributed by atoms with van der Waals surface area (Å²) in [6.45, 7) is 0.507. The molecular formula is C11H11NO6. The highest BCUT2D eigenvalue weighted by Crippen LogP contribution is 2.18. The number of hydrogen-bond acceptors (Lipinski definition) is 6. The predicted octanol–water partition coefficient (Wildman–Crippen LogP) is 1.11. The number of non-ortho nitro benzene ring substituents is 1. The summed E-state index contributed by atoms with van der Waals surface area (Å²) in [5.41, 5.74) is -0.125. The number of nitro groups is 1. The van der Waals surface area contributed by atoms with Crippen LogP contribution in [0.1, 0.15) is 6.92 Å². The summed E-state index contributed by atoms with van der Waals surface area (Å²) in [4.78, 5) is 31.6. The lowest BCUT2D eigenvalue weighted by Gasteiger charge is -2.05. The molecule has 0 fully saturated rings. The first-order valence-corrected chi connectivity index (χ1v) is 5.01. The molecule has 96 valence electrons. The van der Waals surface area contributed by atoms with Crippen molar-refractivity contribution >= 4 is 17.4 Å². The Hall–Kier alpha value is -2.44. The third kappa shape index (κ3) is 4.60. The van der Waals surface area contributed by atoms with E-state index in [1.807, 2.05) is 0 Å². The Morgan fingerprint density at radius 1 is 1.33 bits per heavy atom. The average molecular weight is 253 g/mol. The molecule has 0 aromatic heterocycles. The number of benzene rings is 1. The fraction of sp³-hybridized carbons (Fsp3) is 0.273. The minimum absolute atomic E-state index is 0.125. The van der Waals surface area contributed by atoms with Crippen molar-refractivity contribution in [2.75, 3.05) is 13.2 Å². The first kappa shape index (κ1) is 13.6. The topological polar surface area (TPSA) is 95.7 Å². The maximum atomic E-state index is 11.2. The standard InChI is InChI=1S/C11H11NO6/c1-8(13)17-6-10(14)7-18-11-4-2-3-9(5-11)12(15)16/h2-5H,6-7H2,1H3. The van der Waals surface area contributed by atoms with E-state index in [0.29, 0.717) is 0 Å². The molecule has 7 nitrogen and oxygen atoms in total. The molecule has 0 N–H and O–H groups in total. The molecule has 1 rings (SSSR count). The van der Waals surface area contributed by atoms with Gasteiger partial charge in [-0.15, -0.1) is 0 Å². The molecule has 0 bridgehead atoms. The summed E-state index contributed by atoms with van der Waals surface area (Å²) >= 11 is 0. The van der Waals surface area contributed by atoms with Crippen LogP contribution < -0.4 is 4.74 Å². The molecule has 18 heavy (non-hydrogen) atoms. The molecule has 0 aliphatic carbocycles. The molecule has 0 aliphatic rings. The van der Waals surface area contributed by atoms with Gasteiger partial charge in [0.15, 0.2) is 6.61 Å². The molecule has 0 spiro atoms. The second-order valence-corrected chi connectivity index (χ2v) is 3.36. The SMILES string of the molecule is CC(=O)OCC(=O)COc1cccc([N+](=O)[O-])c1. The zero-order valence-corrected chi connectivity index (χ0v) is 9.62. The van der Waals surface area contributed by atoms with Crippen molar-refractivity contribution in [3.05, 3.63) is 34.4 Å². The van der Waals surface area contributed by atoms with Crippen molar-refractivity contribution in [2.24, 2.45) is 0 Å². The molecule has 1 aromatic carbocycles. The smallest absolute Gasteiger partial charge is 0.303 e. The van der Waals surface area contributed by atoms with E-state index in [1.54, 1.807) is 0 Å². The fourth-order valence-electron chi connectivity index (χ4n) is 1.07. The van der Waals surface area contributed by atoms with Crippen LogP contribution >= 0.6 is 0 Å². The molecule has 0 amide bonds. The Bertz CT molecular complexity index is 470. The molecule has 0 atom stereocenters. The lowest BCUT2D eigenvalue weighted by Crippen LogP contribution is -2.18. The molecule has 0 saturated heterocycles. The molecule has 0 radical (unpaired) electrons. The zero-order valence-electron chi connectivity index (χ0n) is 9.62. The van der Waals surface area contributed by atoms with Crippen molar-refractivity contribution < 1.29 is 24.0 Å². The number of carbonyl (C=O) groups is 2. The lowest BCUT2D eigenvalue weighted by molar-refractivity contribution is -0.384. The van der Waals surface area contributed by atoms with Crippen molar-refractivity contribution in [3.63, 3.8) is 0 Å². The van der Waals surface area contributed by atoms with Gasteiger partial charge in [0.25, 0.3) is 5.69 Å². The highest BCUT2D eigenvalue weighted by Gasteiger charge is 2.09. The van der Waals surface area contributed by atoms with Crippen molar-refractivity contribution in [2.45, 2.75) is 6.92 Å². The monoisotopic (exact) mass is 253 g/mol. The summed E-state index contributed by atoms with van der Waals surface area (Å²) in [5.74, 6) is -0.782. The van der Waals surface area contributed by atoms with Crippen LogP contribution in [-0.4, -0.2) is 29.9 Å². The summed E-state index contributed by atoms with van der Waals surface area (Å²) in [7, 11) is 0. The van der Waals surface area contributed by atoms with E-state index in [1.165, 1.54) is 31.2 Å². The van der Waals surface area contributed by atoms with E-state index in [0.717, 1.165) is 0 Å². The van der Waals surface area contributed by atoms with Crippen LogP contribution in [0.25, 0.3) is 0 Å². The number of rotatable bonds is 6. The van der Waals surface area contributed by atoms with Gasteiger partial charge in [-0.1, -0.05) is 6.07 Å². The summed E-state index contributed by atoms with van der Waals surface area (Å²) in [6.07, 6.45) is 0. The first-order valence-electron chi connectivity index (χ1n) is 5.01. The average Bonchev–Trinajstić information content (AvgIpc) is 2.34. The van der Waals surface area contributed by atoms with Crippen LogP contribution in [0.15, 0.2) is 24.3 Å². The molecular weight excluding hydrogens is 242 g/mol. The van der Waals surface area contributed by atoms with E-state index in [2.05, 4.69) is 4.74 Å². The Labute approximate surface area is 102 Å². The first-order chi connectivity index (χ1) is 8.49. The Morgan fingerprint density at radius 3 is 2.67 bits per heavy atom. The summed E-state index contributed by atoms with van der Waals surface area (Å²) in [5, 5.41) is 10.5. The summed E-state index contributed by atoms with van der Waals surface area (Å²) < 4.78 is 9.52. The number of carbonyl (C=O) groups excluding carboxylic acids is 2. The quantitative estimate of drug-likeness (QED) is 0.428. The van der Waals surface area contributed by atoms with E-state index < -0.39 is 16.7 Å². The minimum atomic E-state index is -0.562. The van der Waals surface area contributed by atoms with Gasteiger partial charge >= 0.3 is 5.97 Å². The Kier molecular flexibility index (Phi) is 4.79. The van der Waals surface area contributed by atoms with Crippen LogP contribution in [0, 0.1) is 10.1 Å². The number of nitro benzene ring substituents is 1. The maximum absolute atomic E-state index is 11.2. The Balaban J connectivity index is 2.48. The van der Waals surface area contributed by atoms with E-state index >= 15 is 0 Å². The van der Waals surface area contributed by atoms with Crippen molar-refractivity contribution in [3.8, 4) is 5.75 Å². The molecule has 7 heteroatoms. The van der Waals surface area contributed by atoms with Gasteiger partial charge in [0, 0.05) is 13.0 Å². The van der Waals surface area contributed by atoms with Gasteiger partial charge in [0.1, 0.15) is 12.4 Å². The number of hydrogen-bond donors (Lipinski definition) is 0. The molecule has 0 aliphatic heterocycles. The van der Waals surface area contributed by atoms with Crippen LogP contribution in [0.4, 0.5) is 5.69 Å². The maximum Gasteiger partial charge on any atom is 0.303 e. The van der Waals surface area contributed by atoms with Gasteiger partial charge in [0.05, 0.1) is 11.0 Å². The van der Waals surface area contributed by atoms with Crippen LogP contribution in [0.5, 0.6) is 5.75 Å². The number of esters is 1. The largest absolute Gasteiger partial charge is 0.485 e. The van der Waals surface area contributed by atoms with E-state index in [-0.39, 0.29) is 24.7 Å². The van der Waals surface area contributed by atoms with Crippen molar-refractivity contribution in [1.82, 2.24) is 0 Å². The number of ether oxygens (including phenoxy) is 2. The third-order valence-electron chi connectivity index (χ3n) is 1.86. The normalized spacial score (nSPS) is 9.61.